The Bertz CT molecular complexity index is 850. The molecule has 10 heteroatoms. The highest BCUT2D eigenvalue weighted by Gasteiger charge is 2.21. The van der Waals surface area contributed by atoms with E-state index in [2.05, 4.69) is 0 Å². The number of nitro groups is 1. The molecular formula is C13H10Cl2N2O5S. The first kappa shape index (κ1) is 17.3. The lowest BCUT2D eigenvalue weighted by Gasteiger charge is -2.10. The summed E-state index contributed by atoms with van der Waals surface area (Å²) in [6.07, 6.45) is 0. The van der Waals surface area contributed by atoms with Crippen molar-refractivity contribution in [3.63, 3.8) is 0 Å². The summed E-state index contributed by atoms with van der Waals surface area (Å²) in [5, 5.41) is 11.2. The number of anilines is 1. The van der Waals surface area contributed by atoms with Crippen LogP contribution in [0.3, 0.4) is 0 Å². The molecule has 0 spiro atoms. The third kappa shape index (κ3) is 4.25. The molecule has 0 amide bonds. The average molecular weight is 377 g/mol. The van der Waals surface area contributed by atoms with Gasteiger partial charge in [-0.2, -0.15) is 8.42 Å². The van der Waals surface area contributed by atoms with E-state index in [1.807, 2.05) is 0 Å². The Morgan fingerprint density at radius 1 is 1.17 bits per heavy atom. The summed E-state index contributed by atoms with van der Waals surface area (Å²) in [6.45, 7) is 0. The minimum Gasteiger partial charge on any atom is -0.393 e. The van der Waals surface area contributed by atoms with Gasteiger partial charge < -0.3 is 9.92 Å². The molecular weight excluding hydrogens is 367 g/mol. The quantitative estimate of drug-likeness (QED) is 0.370. The number of benzene rings is 2. The van der Waals surface area contributed by atoms with Gasteiger partial charge in [-0.3, -0.25) is 10.1 Å². The second kappa shape index (κ2) is 6.61. The van der Waals surface area contributed by atoms with Gasteiger partial charge in [0.1, 0.15) is 17.2 Å². The lowest BCUT2D eigenvalue weighted by molar-refractivity contribution is -0.383. The maximum absolute atomic E-state index is 12.1. The summed E-state index contributed by atoms with van der Waals surface area (Å²) >= 11 is 11.8. The van der Waals surface area contributed by atoms with Gasteiger partial charge in [0.25, 0.3) is 5.69 Å². The zero-order valence-electron chi connectivity index (χ0n) is 11.4. The van der Waals surface area contributed by atoms with Crippen molar-refractivity contribution in [2.45, 2.75) is 5.75 Å². The Labute approximate surface area is 141 Å². The normalized spacial score (nSPS) is 11.2. The van der Waals surface area contributed by atoms with E-state index in [0.29, 0.717) is 0 Å². The van der Waals surface area contributed by atoms with Gasteiger partial charge in [0.2, 0.25) is 0 Å². The van der Waals surface area contributed by atoms with E-state index in [4.69, 9.17) is 33.1 Å². The molecule has 0 atom stereocenters. The van der Waals surface area contributed by atoms with Gasteiger partial charge in [-0.15, -0.1) is 0 Å². The molecule has 0 aliphatic heterocycles. The minimum atomic E-state index is -4.12. The molecule has 0 fully saturated rings. The topological polar surface area (TPSA) is 113 Å². The molecule has 2 aromatic rings. The summed E-state index contributed by atoms with van der Waals surface area (Å²) in [4.78, 5) is 10.1. The van der Waals surface area contributed by atoms with Crippen molar-refractivity contribution in [2.75, 3.05) is 5.73 Å². The summed E-state index contributed by atoms with van der Waals surface area (Å²) in [5.41, 5.74) is 5.06. The van der Waals surface area contributed by atoms with E-state index in [-0.39, 0.29) is 27.0 Å². The zero-order valence-corrected chi connectivity index (χ0v) is 13.7. The minimum absolute atomic E-state index is 0.103. The molecule has 0 radical (unpaired) electrons. The summed E-state index contributed by atoms with van der Waals surface area (Å²) < 4.78 is 29.1. The number of nitro benzene ring substituents is 1. The molecule has 0 unspecified atom stereocenters. The lowest BCUT2D eigenvalue weighted by atomic mass is 10.2. The Morgan fingerprint density at radius 3 is 2.35 bits per heavy atom. The van der Waals surface area contributed by atoms with Crippen LogP contribution >= 0.6 is 23.2 Å². The Kier molecular flexibility index (Phi) is 4.98. The van der Waals surface area contributed by atoms with Crippen molar-refractivity contribution < 1.29 is 17.5 Å². The Hall–Kier alpha value is -2.03. The molecule has 0 saturated heterocycles. The fraction of sp³-hybridized carbons (Fsp3) is 0.0769. The van der Waals surface area contributed by atoms with E-state index < -0.39 is 26.5 Å². The number of rotatable bonds is 5. The monoisotopic (exact) mass is 376 g/mol. The number of hydrogen-bond donors (Lipinski definition) is 1. The molecule has 0 aliphatic carbocycles. The zero-order chi connectivity index (χ0) is 17.2. The maximum atomic E-state index is 12.1. The third-order valence-corrected chi connectivity index (χ3v) is 4.60. The first-order valence-electron chi connectivity index (χ1n) is 6.08. The Morgan fingerprint density at radius 2 is 1.78 bits per heavy atom. The highest BCUT2D eigenvalue weighted by atomic mass is 35.5. The second-order valence-electron chi connectivity index (χ2n) is 4.46. The molecule has 2 N–H and O–H groups in total. The van der Waals surface area contributed by atoms with Crippen molar-refractivity contribution >= 4 is 44.7 Å². The summed E-state index contributed by atoms with van der Waals surface area (Å²) in [7, 11) is -4.12. The second-order valence-corrected chi connectivity index (χ2v) is 6.85. The third-order valence-electron chi connectivity index (χ3n) is 2.80. The van der Waals surface area contributed by atoms with Crippen LogP contribution in [-0.2, 0) is 15.9 Å². The highest BCUT2D eigenvalue weighted by molar-refractivity contribution is 7.86. The number of halogens is 2. The van der Waals surface area contributed by atoms with Crippen molar-refractivity contribution in [3.05, 3.63) is 62.1 Å². The van der Waals surface area contributed by atoms with E-state index in [9.17, 15) is 18.5 Å². The average Bonchev–Trinajstić information content (AvgIpc) is 2.44. The molecule has 0 saturated carbocycles. The largest absolute Gasteiger partial charge is 0.393 e. The molecule has 0 aliphatic rings. The van der Waals surface area contributed by atoms with Gasteiger partial charge in [0, 0.05) is 15.6 Å². The van der Waals surface area contributed by atoms with Crippen molar-refractivity contribution in [2.24, 2.45) is 0 Å². The molecule has 0 bridgehead atoms. The van der Waals surface area contributed by atoms with E-state index >= 15 is 0 Å². The van der Waals surface area contributed by atoms with E-state index in [1.165, 1.54) is 24.3 Å². The van der Waals surface area contributed by atoms with Crippen LogP contribution in [0.2, 0.25) is 10.0 Å². The van der Waals surface area contributed by atoms with Crippen LogP contribution in [-0.4, -0.2) is 13.3 Å². The number of nitrogens with zero attached hydrogens (tertiary/aromatic N) is 1. The van der Waals surface area contributed by atoms with Gasteiger partial charge in [0.05, 0.1) is 11.0 Å². The molecule has 2 rings (SSSR count). The first-order valence-corrected chi connectivity index (χ1v) is 8.42. The summed E-state index contributed by atoms with van der Waals surface area (Å²) in [5.74, 6) is -0.807. The maximum Gasteiger partial charge on any atom is 0.313 e. The smallest absolute Gasteiger partial charge is 0.313 e. The predicted molar refractivity (Wildman–Crippen MR) is 87.2 cm³/mol. The van der Waals surface area contributed by atoms with E-state index in [1.54, 1.807) is 6.07 Å². The standard InChI is InChI=1S/C13H10Cl2N2O5S/c14-10-2-1-3-11(15)9(10)7-23(20,21)22-8-4-5-12(16)13(6-8)17(18)19/h1-6H,7,16H2. The number of nitrogens with two attached hydrogens (primary N) is 1. The molecule has 23 heavy (non-hydrogen) atoms. The van der Waals surface area contributed by atoms with Gasteiger partial charge in [-0.1, -0.05) is 29.3 Å². The predicted octanol–water partition coefficient (Wildman–Crippen LogP) is 3.39. The Balaban J connectivity index is 2.29. The summed E-state index contributed by atoms with van der Waals surface area (Å²) in [6, 6.07) is 7.89. The molecule has 7 nitrogen and oxygen atoms in total. The van der Waals surface area contributed by atoms with Crippen molar-refractivity contribution in [1.82, 2.24) is 0 Å². The lowest BCUT2D eigenvalue weighted by Crippen LogP contribution is -2.13. The van der Waals surface area contributed by atoms with Gasteiger partial charge in [-0.25, -0.2) is 0 Å². The van der Waals surface area contributed by atoms with Gasteiger partial charge in [0.15, 0.2) is 0 Å². The van der Waals surface area contributed by atoms with Crippen LogP contribution < -0.4 is 9.92 Å². The van der Waals surface area contributed by atoms with Crippen LogP contribution in [0, 0.1) is 10.1 Å². The van der Waals surface area contributed by atoms with Crippen molar-refractivity contribution in [3.8, 4) is 5.75 Å². The fourth-order valence-electron chi connectivity index (χ4n) is 1.76. The van der Waals surface area contributed by atoms with Crippen LogP contribution in [0.1, 0.15) is 5.56 Å². The fourth-order valence-corrected chi connectivity index (χ4v) is 3.57. The number of hydrogen-bond acceptors (Lipinski definition) is 6. The molecule has 0 aromatic heterocycles. The van der Waals surface area contributed by atoms with E-state index in [0.717, 1.165) is 6.07 Å². The highest BCUT2D eigenvalue weighted by Crippen LogP contribution is 2.30. The van der Waals surface area contributed by atoms with Crippen LogP contribution in [0.4, 0.5) is 11.4 Å². The van der Waals surface area contributed by atoms with Crippen LogP contribution in [0.5, 0.6) is 5.75 Å². The number of nitrogen functional groups attached to an aromatic ring is 1. The molecule has 2 aromatic carbocycles. The van der Waals surface area contributed by atoms with Gasteiger partial charge >= 0.3 is 10.1 Å². The molecule has 122 valence electrons. The van der Waals surface area contributed by atoms with Gasteiger partial charge in [-0.05, 0) is 24.3 Å². The first-order chi connectivity index (χ1) is 10.7. The van der Waals surface area contributed by atoms with Crippen molar-refractivity contribution in [1.29, 1.82) is 0 Å². The SMILES string of the molecule is Nc1ccc(OS(=O)(=O)Cc2c(Cl)cccc2Cl)cc1[N+](=O)[O-]. The molecule has 0 heterocycles. The van der Waals surface area contributed by atoms with Crippen LogP contribution in [0.25, 0.3) is 0 Å². The van der Waals surface area contributed by atoms with Crippen LogP contribution in [0.15, 0.2) is 36.4 Å².